The zero-order valence-corrected chi connectivity index (χ0v) is 17.6. The van der Waals surface area contributed by atoms with Crippen LogP contribution in [0.15, 0.2) is 95.5 Å². The molecule has 0 amide bonds. The van der Waals surface area contributed by atoms with Gasteiger partial charge in [-0.3, -0.25) is 10.1 Å². The summed E-state index contributed by atoms with van der Waals surface area (Å²) in [5.74, 6) is 0.631. The van der Waals surface area contributed by atoms with Gasteiger partial charge in [0, 0.05) is 29.7 Å². The van der Waals surface area contributed by atoms with Crippen LogP contribution in [-0.2, 0) is 17.7 Å². The van der Waals surface area contributed by atoms with Gasteiger partial charge in [-0.1, -0.05) is 60.7 Å². The van der Waals surface area contributed by atoms with E-state index in [9.17, 15) is 10.1 Å². The van der Waals surface area contributed by atoms with Crippen molar-refractivity contribution in [2.75, 3.05) is 0 Å². The molecule has 0 atom stereocenters. The van der Waals surface area contributed by atoms with Crippen molar-refractivity contribution >= 4 is 17.2 Å². The van der Waals surface area contributed by atoms with Gasteiger partial charge in [-0.15, -0.1) is 0 Å². The molecule has 3 aromatic carbocycles. The number of aliphatic imine (C=N–C) groups is 1. The largest absolute Gasteiger partial charge is 0.467 e. The van der Waals surface area contributed by atoms with Crippen LogP contribution in [0.25, 0.3) is 5.57 Å². The number of nitro groups is 1. The molecule has 0 aromatic heterocycles. The number of non-ortho nitro benzene ring substituents is 1. The quantitative estimate of drug-likeness (QED) is 0.368. The third kappa shape index (κ3) is 4.56. The summed E-state index contributed by atoms with van der Waals surface area (Å²) in [4.78, 5) is 15.5. The smallest absolute Gasteiger partial charge is 0.269 e. The molecule has 1 heterocycles. The second-order valence-corrected chi connectivity index (χ2v) is 8.04. The molecule has 0 fully saturated rings. The fraction of sp³-hybridized carbons (Fsp3) is 0.192. The highest BCUT2D eigenvalue weighted by molar-refractivity contribution is 6.07. The molecule has 5 nitrogen and oxygen atoms in total. The lowest BCUT2D eigenvalue weighted by Gasteiger charge is -2.22. The minimum Gasteiger partial charge on any atom is -0.467 e. The SMILES string of the molecule is CC1(C)OC(=NCc2ccccc2)C(Cc2ccccc2)=C1c1ccc([N+](=O)[O-])cc1. The number of hydrogen-bond acceptors (Lipinski definition) is 4. The number of benzene rings is 3. The Morgan fingerprint density at radius 2 is 1.45 bits per heavy atom. The molecule has 5 heteroatoms. The summed E-state index contributed by atoms with van der Waals surface area (Å²) in [6, 6.07) is 26.9. The van der Waals surface area contributed by atoms with E-state index in [2.05, 4.69) is 12.1 Å². The minimum atomic E-state index is -0.601. The third-order valence-electron chi connectivity index (χ3n) is 5.35. The molecule has 0 radical (unpaired) electrons. The molecule has 0 N–H and O–H groups in total. The Bertz CT molecular complexity index is 1130. The van der Waals surface area contributed by atoms with Crippen LogP contribution < -0.4 is 0 Å². The normalized spacial score (nSPS) is 16.4. The van der Waals surface area contributed by atoms with E-state index in [1.165, 1.54) is 12.1 Å². The number of nitro benzene ring substituents is 1. The van der Waals surface area contributed by atoms with Crippen molar-refractivity contribution in [2.45, 2.75) is 32.4 Å². The van der Waals surface area contributed by atoms with Gasteiger partial charge in [-0.25, -0.2) is 4.99 Å². The number of hydrogen-bond donors (Lipinski definition) is 0. The first-order valence-electron chi connectivity index (χ1n) is 10.2. The van der Waals surface area contributed by atoms with Crippen molar-refractivity contribution < 1.29 is 9.66 Å². The van der Waals surface area contributed by atoms with E-state index in [4.69, 9.17) is 9.73 Å². The van der Waals surface area contributed by atoms with Gasteiger partial charge in [0.2, 0.25) is 5.90 Å². The Morgan fingerprint density at radius 3 is 2.03 bits per heavy atom. The lowest BCUT2D eigenvalue weighted by atomic mass is 9.87. The Labute approximate surface area is 181 Å². The average molecular weight is 412 g/mol. The molecule has 0 saturated heterocycles. The molecule has 0 unspecified atom stereocenters. The summed E-state index contributed by atoms with van der Waals surface area (Å²) in [6.07, 6.45) is 0.671. The summed E-state index contributed by atoms with van der Waals surface area (Å²) >= 11 is 0. The molecule has 3 aromatic rings. The van der Waals surface area contributed by atoms with Gasteiger partial charge in [0.05, 0.1) is 11.5 Å². The van der Waals surface area contributed by atoms with Crippen molar-refractivity contribution in [1.29, 1.82) is 0 Å². The first-order valence-corrected chi connectivity index (χ1v) is 10.2. The van der Waals surface area contributed by atoms with Crippen LogP contribution >= 0.6 is 0 Å². The summed E-state index contributed by atoms with van der Waals surface area (Å²) in [5, 5.41) is 11.1. The standard InChI is InChI=1S/C26H24N2O3/c1-26(2)24(21-13-15-22(16-14-21)28(29)30)23(17-19-9-5-3-6-10-19)25(31-26)27-18-20-11-7-4-8-12-20/h3-16H,17-18H2,1-2H3. The summed E-state index contributed by atoms with van der Waals surface area (Å²) in [5.41, 5.74) is 4.68. The zero-order valence-electron chi connectivity index (χ0n) is 17.6. The van der Waals surface area contributed by atoms with E-state index in [1.54, 1.807) is 12.1 Å². The maximum Gasteiger partial charge on any atom is 0.269 e. The average Bonchev–Trinajstić information content (AvgIpc) is 3.03. The van der Waals surface area contributed by atoms with Crippen LogP contribution in [0.3, 0.4) is 0 Å². The van der Waals surface area contributed by atoms with Crippen molar-refractivity contribution in [2.24, 2.45) is 4.99 Å². The maximum atomic E-state index is 11.1. The summed E-state index contributed by atoms with van der Waals surface area (Å²) < 4.78 is 6.34. The van der Waals surface area contributed by atoms with E-state index in [-0.39, 0.29) is 10.6 Å². The van der Waals surface area contributed by atoms with Crippen LogP contribution in [0.5, 0.6) is 0 Å². The Morgan fingerprint density at radius 1 is 0.871 bits per heavy atom. The van der Waals surface area contributed by atoms with E-state index < -0.39 is 5.60 Å². The summed E-state index contributed by atoms with van der Waals surface area (Å²) in [7, 11) is 0. The topological polar surface area (TPSA) is 64.7 Å². The van der Waals surface area contributed by atoms with E-state index in [0.29, 0.717) is 18.9 Å². The first kappa shape index (κ1) is 20.5. The minimum absolute atomic E-state index is 0.0728. The molecular formula is C26H24N2O3. The Balaban J connectivity index is 1.79. The van der Waals surface area contributed by atoms with Crippen LogP contribution in [0.2, 0.25) is 0 Å². The molecule has 0 bridgehead atoms. The van der Waals surface area contributed by atoms with Gasteiger partial charge in [-0.05, 0) is 42.7 Å². The van der Waals surface area contributed by atoms with Gasteiger partial charge in [-0.2, -0.15) is 0 Å². The maximum absolute atomic E-state index is 11.1. The second kappa shape index (κ2) is 8.56. The summed E-state index contributed by atoms with van der Waals surface area (Å²) in [6.45, 7) is 4.55. The highest BCUT2D eigenvalue weighted by atomic mass is 16.6. The van der Waals surface area contributed by atoms with Crippen molar-refractivity contribution in [3.8, 4) is 0 Å². The van der Waals surface area contributed by atoms with Gasteiger partial charge < -0.3 is 4.74 Å². The molecule has 0 saturated carbocycles. The molecule has 1 aliphatic heterocycles. The lowest BCUT2D eigenvalue weighted by Crippen LogP contribution is -2.22. The number of nitrogens with zero attached hydrogens (tertiary/aromatic N) is 2. The van der Waals surface area contributed by atoms with Crippen molar-refractivity contribution in [3.63, 3.8) is 0 Å². The zero-order chi connectivity index (χ0) is 21.8. The van der Waals surface area contributed by atoms with Gasteiger partial charge in [0.15, 0.2) is 0 Å². The van der Waals surface area contributed by atoms with Gasteiger partial charge >= 0.3 is 0 Å². The van der Waals surface area contributed by atoms with E-state index in [1.807, 2.05) is 62.4 Å². The molecule has 156 valence electrons. The predicted octanol–water partition coefficient (Wildman–Crippen LogP) is 6.00. The Hall–Kier alpha value is -3.73. The third-order valence-corrected chi connectivity index (χ3v) is 5.35. The van der Waals surface area contributed by atoms with E-state index in [0.717, 1.165) is 27.8 Å². The van der Waals surface area contributed by atoms with Crippen LogP contribution in [0.1, 0.15) is 30.5 Å². The monoisotopic (exact) mass is 412 g/mol. The van der Waals surface area contributed by atoms with Gasteiger partial charge in [0.25, 0.3) is 5.69 Å². The molecule has 4 rings (SSSR count). The molecule has 0 aliphatic carbocycles. The van der Waals surface area contributed by atoms with Gasteiger partial charge in [0.1, 0.15) is 5.60 Å². The molecule has 31 heavy (non-hydrogen) atoms. The van der Waals surface area contributed by atoms with Crippen molar-refractivity contribution in [1.82, 2.24) is 0 Å². The van der Waals surface area contributed by atoms with Crippen LogP contribution in [0.4, 0.5) is 5.69 Å². The fourth-order valence-corrected chi connectivity index (χ4v) is 3.93. The van der Waals surface area contributed by atoms with Crippen LogP contribution in [-0.4, -0.2) is 16.4 Å². The number of ether oxygens (including phenoxy) is 1. The molecule has 1 aliphatic rings. The number of rotatable bonds is 6. The molecular weight excluding hydrogens is 388 g/mol. The first-order chi connectivity index (χ1) is 14.9. The Kier molecular flexibility index (Phi) is 5.67. The lowest BCUT2D eigenvalue weighted by molar-refractivity contribution is -0.384. The van der Waals surface area contributed by atoms with Crippen molar-refractivity contribution in [3.05, 3.63) is 117 Å². The second-order valence-electron chi connectivity index (χ2n) is 8.04. The fourth-order valence-electron chi connectivity index (χ4n) is 3.93. The van der Waals surface area contributed by atoms with Crippen LogP contribution in [0, 0.1) is 10.1 Å². The highest BCUT2D eigenvalue weighted by Crippen LogP contribution is 2.41. The van der Waals surface area contributed by atoms with E-state index >= 15 is 0 Å². The highest BCUT2D eigenvalue weighted by Gasteiger charge is 2.39. The molecule has 0 spiro atoms. The predicted molar refractivity (Wildman–Crippen MR) is 123 cm³/mol.